The fraction of sp³-hybridized carbons (Fsp3) is 0.200. The summed E-state index contributed by atoms with van der Waals surface area (Å²) in [5, 5.41) is 3.11. The van der Waals surface area contributed by atoms with Crippen LogP contribution in [0.15, 0.2) is 64.5 Å². The van der Waals surface area contributed by atoms with Gasteiger partial charge in [0.15, 0.2) is 5.82 Å². The van der Waals surface area contributed by atoms with Gasteiger partial charge in [0, 0.05) is 22.7 Å². The van der Waals surface area contributed by atoms with Gasteiger partial charge < -0.3 is 0 Å². The van der Waals surface area contributed by atoms with Gasteiger partial charge in [0.2, 0.25) is 5.13 Å². The van der Waals surface area contributed by atoms with Gasteiger partial charge in [-0.25, -0.2) is 8.42 Å². The van der Waals surface area contributed by atoms with Crippen molar-refractivity contribution >= 4 is 38.4 Å². The number of benzene rings is 2. The summed E-state index contributed by atoms with van der Waals surface area (Å²) in [6.45, 7) is 3.69. The number of fused-ring (bicyclic) bond motifs is 1. The maximum absolute atomic E-state index is 12.9. The number of nitrogens with zero attached hydrogens (tertiary/aromatic N) is 3. The summed E-state index contributed by atoms with van der Waals surface area (Å²) in [4.78, 5) is 21.9. The lowest BCUT2D eigenvalue weighted by atomic mass is 10.0. The Balaban J connectivity index is 1.58. The Bertz CT molecular complexity index is 1220. The summed E-state index contributed by atoms with van der Waals surface area (Å²) < 4.78 is 31.3. The molecule has 2 aromatic carbocycles. The topological polar surface area (TPSA) is 113 Å². The van der Waals surface area contributed by atoms with Gasteiger partial charge in [0.05, 0.1) is 4.90 Å². The zero-order valence-corrected chi connectivity index (χ0v) is 17.9. The molecule has 30 heavy (non-hydrogen) atoms. The summed E-state index contributed by atoms with van der Waals surface area (Å²) in [7, 11) is -3.67. The summed E-state index contributed by atoms with van der Waals surface area (Å²) in [5.41, 5.74) is 1.31. The number of aromatic nitrogens is 2. The SMILES string of the molecule is CC(C)[C@H](N=C1NS(=O)(=O)c2ccccc21)C(=O)Nc1nc(-c2ccccc2)ns1. The van der Waals surface area contributed by atoms with Gasteiger partial charge in [0.25, 0.3) is 15.9 Å². The first kappa shape index (κ1) is 20.2. The van der Waals surface area contributed by atoms with E-state index in [4.69, 9.17) is 0 Å². The van der Waals surface area contributed by atoms with Crippen LogP contribution in [0.3, 0.4) is 0 Å². The van der Waals surface area contributed by atoms with E-state index < -0.39 is 16.1 Å². The largest absolute Gasteiger partial charge is 0.299 e. The van der Waals surface area contributed by atoms with E-state index in [-0.39, 0.29) is 22.6 Å². The van der Waals surface area contributed by atoms with Crippen LogP contribution in [0.4, 0.5) is 5.13 Å². The van der Waals surface area contributed by atoms with Crippen molar-refractivity contribution in [1.82, 2.24) is 14.1 Å². The van der Waals surface area contributed by atoms with Crippen molar-refractivity contribution < 1.29 is 13.2 Å². The van der Waals surface area contributed by atoms with Crippen LogP contribution in [0, 0.1) is 5.92 Å². The van der Waals surface area contributed by atoms with Gasteiger partial charge in [-0.05, 0) is 18.1 Å². The number of hydrogen-bond acceptors (Lipinski definition) is 7. The third-order valence-corrected chi connectivity index (χ3v) is 6.55. The molecule has 0 saturated carbocycles. The first-order chi connectivity index (χ1) is 14.3. The monoisotopic (exact) mass is 441 g/mol. The third kappa shape index (κ3) is 3.96. The molecule has 0 aliphatic carbocycles. The zero-order valence-electron chi connectivity index (χ0n) is 16.2. The maximum Gasteiger partial charge on any atom is 0.263 e. The van der Waals surface area contributed by atoms with Crippen molar-refractivity contribution in [3.8, 4) is 11.4 Å². The molecule has 4 rings (SSSR count). The number of amidine groups is 1. The van der Waals surface area contributed by atoms with E-state index in [9.17, 15) is 13.2 Å². The van der Waals surface area contributed by atoms with Crippen LogP contribution >= 0.6 is 11.5 Å². The van der Waals surface area contributed by atoms with Crippen molar-refractivity contribution in [2.24, 2.45) is 10.9 Å². The van der Waals surface area contributed by atoms with E-state index in [0.717, 1.165) is 17.1 Å². The smallest absolute Gasteiger partial charge is 0.263 e. The number of sulfonamides is 1. The van der Waals surface area contributed by atoms with Gasteiger partial charge in [-0.3, -0.25) is 19.8 Å². The Morgan fingerprint density at radius 1 is 1.10 bits per heavy atom. The molecule has 0 saturated heterocycles. The number of carbonyl (C=O) groups is 1. The Morgan fingerprint density at radius 2 is 1.80 bits per heavy atom. The highest BCUT2D eigenvalue weighted by Gasteiger charge is 2.32. The number of aliphatic imine (C=N–C) groups is 1. The van der Waals surface area contributed by atoms with Crippen molar-refractivity contribution in [1.29, 1.82) is 0 Å². The fourth-order valence-electron chi connectivity index (χ4n) is 3.04. The summed E-state index contributed by atoms with van der Waals surface area (Å²) in [6.07, 6.45) is 0. The molecule has 2 N–H and O–H groups in total. The van der Waals surface area contributed by atoms with Crippen molar-refractivity contribution in [3.63, 3.8) is 0 Å². The molecule has 0 radical (unpaired) electrons. The molecule has 0 fully saturated rings. The molecular formula is C20H19N5O3S2. The van der Waals surface area contributed by atoms with Gasteiger partial charge in [-0.2, -0.15) is 9.36 Å². The fourth-order valence-corrected chi connectivity index (χ4v) is 4.87. The quantitative estimate of drug-likeness (QED) is 0.632. The van der Waals surface area contributed by atoms with Crippen LogP contribution in [0.25, 0.3) is 11.4 Å². The van der Waals surface area contributed by atoms with Crippen LogP contribution in [0.2, 0.25) is 0 Å². The molecule has 154 valence electrons. The van der Waals surface area contributed by atoms with E-state index in [1.165, 1.54) is 6.07 Å². The van der Waals surface area contributed by atoms with Crippen LogP contribution in [-0.2, 0) is 14.8 Å². The van der Waals surface area contributed by atoms with Gasteiger partial charge in [0.1, 0.15) is 11.9 Å². The van der Waals surface area contributed by atoms with E-state index in [0.29, 0.717) is 16.5 Å². The lowest BCUT2D eigenvalue weighted by Crippen LogP contribution is -2.34. The first-order valence-electron chi connectivity index (χ1n) is 9.25. The van der Waals surface area contributed by atoms with E-state index in [1.807, 2.05) is 44.2 Å². The number of hydrogen-bond donors (Lipinski definition) is 2. The Morgan fingerprint density at radius 3 is 2.53 bits per heavy atom. The Hall–Kier alpha value is -3.11. The van der Waals surface area contributed by atoms with E-state index in [2.05, 4.69) is 24.4 Å². The second-order valence-corrected chi connectivity index (χ2v) is 9.45. The predicted molar refractivity (Wildman–Crippen MR) is 116 cm³/mol. The second-order valence-electron chi connectivity index (χ2n) is 7.05. The summed E-state index contributed by atoms with van der Waals surface area (Å²) in [5.74, 6) is 0.149. The highest BCUT2D eigenvalue weighted by atomic mass is 32.2. The average molecular weight is 442 g/mol. The summed E-state index contributed by atoms with van der Waals surface area (Å²) >= 11 is 1.08. The summed E-state index contributed by atoms with van der Waals surface area (Å²) in [6, 6.07) is 15.2. The first-order valence-corrected chi connectivity index (χ1v) is 11.5. The second kappa shape index (κ2) is 7.96. The van der Waals surface area contributed by atoms with Crippen LogP contribution in [0.5, 0.6) is 0 Å². The van der Waals surface area contributed by atoms with Crippen molar-refractivity contribution in [2.75, 3.05) is 5.32 Å². The standard InChI is InChI=1S/C20H19N5O3S2/c1-12(2)16(21-18-14-10-6-7-11-15(14)30(27,28)25-18)19(26)23-20-22-17(24-29-20)13-8-4-3-5-9-13/h3-12,16H,1-2H3,(H,21,25)(H,22,23,24,26)/t16-/m0/s1. The Kier molecular flexibility index (Phi) is 5.35. The van der Waals surface area contributed by atoms with Crippen molar-refractivity contribution in [2.45, 2.75) is 24.8 Å². The number of rotatable bonds is 5. The Labute approximate surface area is 178 Å². The molecule has 0 unspecified atom stereocenters. The lowest BCUT2D eigenvalue weighted by molar-refractivity contribution is -0.118. The molecular weight excluding hydrogens is 422 g/mol. The number of amides is 1. The molecule has 1 aliphatic heterocycles. The number of carbonyl (C=O) groups excluding carboxylic acids is 1. The molecule has 8 nitrogen and oxygen atoms in total. The lowest BCUT2D eigenvalue weighted by Gasteiger charge is -2.16. The van der Waals surface area contributed by atoms with E-state index in [1.54, 1.807) is 18.2 Å². The van der Waals surface area contributed by atoms with Gasteiger partial charge in [-0.15, -0.1) is 0 Å². The van der Waals surface area contributed by atoms with Crippen LogP contribution in [-0.4, -0.2) is 35.6 Å². The average Bonchev–Trinajstić information content (AvgIpc) is 3.29. The van der Waals surface area contributed by atoms with Crippen molar-refractivity contribution in [3.05, 3.63) is 60.2 Å². The minimum atomic E-state index is -3.67. The predicted octanol–water partition coefficient (Wildman–Crippen LogP) is 2.91. The van der Waals surface area contributed by atoms with E-state index >= 15 is 0 Å². The molecule has 1 atom stereocenters. The molecule has 3 aromatic rings. The normalized spacial score (nSPS) is 16.8. The minimum absolute atomic E-state index is 0.156. The minimum Gasteiger partial charge on any atom is -0.299 e. The molecule has 2 heterocycles. The van der Waals surface area contributed by atoms with Crippen LogP contribution < -0.4 is 10.0 Å². The highest BCUT2D eigenvalue weighted by Crippen LogP contribution is 2.25. The molecule has 1 aromatic heterocycles. The maximum atomic E-state index is 12.9. The molecule has 10 heteroatoms. The highest BCUT2D eigenvalue weighted by molar-refractivity contribution is 7.90. The molecule has 1 aliphatic rings. The number of anilines is 1. The third-order valence-electron chi connectivity index (χ3n) is 4.52. The number of nitrogens with one attached hydrogen (secondary N) is 2. The van der Waals surface area contributed by atoms with Gasteiger partial charge in [-0.1, -0.05) is 56.3 Å². The molecule has 0 bridgehead atoms. The zero-order chi connectivity index (χ0) is 21.3. The molecule has 1 amide bonds. The van der Waals surface area contributed by atoms with Crippen LogP contribution in [0.1, 0.15) is 19.4 Å². The van der Waals surface area contributed by atoms with Gasteiger partial charge >= 0.3 is 0 Å². The molecule has 0 spiro atoms.